The van der Waals surface area contributed by atoms with Crippen LogP contribution in [0.3, 0.4) is 0 Å². The maximum atomic E-state index is 12.2. The van der Waals surface area contributed by atoms with E-state index in [0.717, 1.165) is 0 Å². The van der Waals surface area contributed by atoms with Crippen LogP contribution in [0.15, 0.2) is 24.3 Å². The minimum Gasteiger partial charge on any atom is -0.385 e. The minimum atomic E-state index is -1.18. The molecule has 1 aliphatic rings. The summed E-state index contributed by atoms with van der Waals surface area (Å²) in [6.45, 7) is 0. The standard InChI is InChI=1S/C12H13ClINO2/c13-8-4-2-1-3-7(8)12(15)10(14)6-5-9(16)11(12)17/h1-4,9-10,16H,5-6,15H2. The molecule has 3 N–H and O–H groups in total. The molecule has 1 aliphatic carbocycles. The molecule has 2 rings (SSSR count). The Labute approximate surface area is 118 Å². The number of hydrogen-bond donors (Lipinski definition) is 2. The highest BCUT2D eigenvalue weighted by atomic mass is 127. The van der Waals surface area contributed by atoms with Crippen LogP contribution in [-0.4, -0.2) is 20.9 Å². The number of Topliss-reactive ketones (excluding diaryl/α,β-unsaturated/α-hetero) is 1. The van der Waals surface area contributed by atoms with Gasteiger partial charge in [-0.25, -0.2) is 0 Å². The van der Waals surface area contributed by atoms with Gasteiger partial charge in [-0.15, -0.1) is 0 Å². The first-order valence-electron chi connectivity index (χ1n) is 5.38. The van der Waals surface area contributed by atoms with Gasteiger partial charge in [0.15, 0.2) is 5.78 Å². The average Bonchev–Trinajstić information content (AvgIpc) is 2.32. The molecule has 3 nitrogen and oxygen atoms in total. The highest BCUT2D eigenvalue weighted by molar-refractivity contribution is 14.1. The molecule has 1 saturated carbocycles. The summed E-state index contributed by atoms with van der Waals surface area (Å²) in [6.07, 6.45) is 0.188. The topological polar surface area (TPSA) is 63.3 Å². The first kappa shape index (κ1) is 13.3. The van der Waals surface area contributed by atoms with Crippen molar-refractivity contribution < 1.29 is 9.90 Å². The van der Waals surface area contributed by atoms with Crippen LogP contribution >= 0.6 is 34.2 Å². The third kappa shape index (κ3) is 2.12. The monoisotopic (exact) mass is 365 g/mol. The molecule has 0 spiro atoms. The Balaban J connectivity index is 2.53. The van der Waals surface area contributed by atoms with Gasteiger partial charge in [0.25, 0.3) is 0 Å². The Hall–Kier alpha value is -0.170. The van der Waals surface area contributed by atoms with E-state index >= 15 is 0 Å². The predicted molar refractivity (Wildman–Crippen MR) is 75.4 cm³/mol. The molecule has 0 aliphatic heterocycles. The van der Waals surface area contributed by atoms with E-state index in [4.69, 9.17) is 17.3 Å². The van der Waals surface area contributed by atoms with Crippen molar-refractivity contribution in [1.82, 2.24) is 0 Å². The lowest BCUT2D eigenvalue weighted by Gasteiger charge is -2.39. The number of carbonyl (C=O) groups is 1. The van der Waals surface area contributed by atoms with E-state index < -0.39 is 11.6 Å². The lowest BCUT2D eigenvalue weighted by atomic mass is 9.75. The van der Waals surface area contributed by atoms with Crippen LogP contribution in [0.2, 0.25) is 5.02 Å². The normalized spacial score (nSPS) is 33.8. The second-order valence-corrected chi connectivity index (χ2v) is 6.18. The first-order valence-corrected chi connectivity index (χ1v) is 7.00. The second kappa shape index (κ2) is 4.84. The van der Waals surface area contributed by atoms with Gasteiger partial charge in [-0.05, 0) is 24.5 Å². The number of nitrogens with two attached hydrogens (primary N) is 1. The lowest BCUT2D eigenvalue weighted by Crippen LogP contribution is -2.58. The van der Waals surface area contributed by atoms with Crippen molar-refractivity contribution in [1.29, 1.82) is 0 Å². The molecule has 0 radical (unpaired) electrons. The zero-order valence-corrected chi connectivity index (χ0v) is 12.0. The molecule has 3 atom stereocenters. The number of ketones is 1. The van der Waals surface area contributed by atoms with Crippen LogP contribution in [0.25, 0.3) is 0 Å². The summed E-state index contributed by atoms with van der Waals surface area (Å²) in [7, 11) is 0. The van der Waals surface area contributed by atoms with E-state index in [1.165, 1.54) is 0 Å². The molecule has 92 valence electrons. The Bertz CT molecular complexity index is 454. The van der Waals surface area contributed by atoms with E-state index in [0.29, 0.717) is 23.4 Å². The maximum absolute atomic E-state index is 12.2. The van der Waals surface area contributed by atoms with Crippen molar-refractivity contribution >= 4 is 40.0 Å². The van der Waals surface area contributed by atoms with Crippen molar-refractivity contribution in [2.75, 3.05) is 0 Å². The van der Waals surface area contributed by atoms with Crippen molar-refractivity contribution in [2.45, 2.75) is 28.4 Å². The molecule has 5 heteroatoms. The van der Waals surface area contributed by atoms with Crippen LogP contribution in [-0.2, 0) is 10.3 Å². The lowest BCUT2D eigenvalue weighted by molar-refractivity contribution is -0.135. The van der Waals surface area contributed by atoms with Crippen molar-refractivity contribution in [3.8, 4) is 0 Å². The Kier molecular flexibility index (Phi) is 3.77. The van der Waals surface area contributed by atoms with Crippen molar-refractivity contribution in [3.63, 3.8) is 0 Å². The van der Waals surface area contributed by atoms with Gasteiger partial charge in [0, 0.05) is 8.95 Å². The predicted octanol–water partition coefficient (Wildman–Crippen LogP) is 2.02. The fraction of sp³-hybridized carbons (Fsp3) is 0.417. The fourth-order valence-electron chi connectivity index (χ4n) is 2.19. The molecule has 17 heavy (non-hydrogen) atoms. The quantitative estimate of drug-likeness (QED) is 0.591. The maximum Gasteiger partial charge on any atom is 0.186 e. The summed E-state index contributed by atoms with van der Waals surface area (Å²) in [5, 5.41) is 10.2. The largest absolute Gasteiger partial charge is 0.385 e. The van der Waals surface area contributed by atoms with Crippen molar-refractivity contribution in [3.05, 3.63) is 34.9 Å². The van der Waals surface area contributed by atoms with Gasteiger partial charge in [0.1, 0.15) is 11.6 Å². The Morgan fingerprint density at radius 2 is 2.06 bits per heavy atom. The van der Waals surface area contributed by atoms with Crippen LogP contribution in [0.5, 0.6) is 0 Å². The summed E-state index contributed by atoms with van der Waals surface area (Å²) in [6, 6.07) is 7.06. The molecule has 0 heterocycles. The number of carbonyl (C=O) groups excluding carboxylic acids is 1. The van der Waals surface area contributed by atoms with E-state index in [1.54, 1.807) is 24.3 Å². The Morgan fingerprint density at radius 1 is 1.41 bits per heavy atom. The van der Waals surface area contributed by atoms with Gasteiger partial charge in [0.2, 0.25) is 0 Å². The molecule has 0 bridgehead atoms. The summed E-state index contributed by atoms with van der Waals surface area (Å²) in [5.74, 6) is -0.337. The van der Waals surface area contributed by atoms with Gasteiger partial charge in [-0.2, -0.15) is 0 Å². The van der Waals surface area contributed by atoms with Gasteiger partial charge >= 0.3 is 0 Å². The zero-order chi connectivity index (χ0) is 12.6. The average molecular weight is 366 g/mol. The van der Waals surface area contributed by atoms with E-state index in [9.17, 15) is 9.90 Å². The van der Waals surface area contributed by atoms with Crippen molar-refractivity contribution in [2.24, 2.45) is 5.73 Å². The van der Waals surface area contributed by atoms with Crippen LogP contribution in [0.4, 0.5) is 0 Å². The highest BCUT2D eigenvalue weighted by Crippen LogP contribution is 2.40. The summed E-state index contributed by atoms with van der Waals surface area (Å²) in [4.78, 5) is 12.2. The molecular weight excluding hydrogens is 352 g/mol. The van der Waals surface area contributed by atoms with Gasteiger partial charge in [-0.3, -0.25) is 4.79 Å². The Morgan fingerprint density at radius 3 is 2.71 bits per heavy atom. The molecule has 1 aromatic rings. The molecule has 0 amide bonds. The van der Waals surface area contributed by atoms with E-state index in [1.807, 2.05) is 0 Å². The first-order chi connectivity index (χ1) is 7.98. The summed E-state index contributed by atoms with van der Waals surface area (Å²) >= 11 is 8.27. The number of hydrogen-bond acceptors (Lipinski definition) is 3. The molecule has 1 fully saturated rings. The van der Waals surface area contributed by atoms with Crippen LogP contribution < -0.4 is 5.73 Å². The number of benzene rings is 1. The SMILES string of the molecule is NC1(c2ccccc2Cl)C(=O)C(O)CCC1I. The van der Waals surface area contributed by atoms with Gasteiger partial charge in [-0.1, -0.05) is 52.4 Å². The van der Waals surface area contributed by atoms with Gasteiger partial charge in [0.05, 0.1) is 0 Å². The number of aliphatic hydroxyl groups excluding tert-OH is 1. The number of rotatable bonds is 1. The number of alkyl halides is 1. The summed E-state index contributed by atoms with van der Waals surface area (Å²) in [5.41, 5.74) is 5.67. The third-order valence-corrected chi connectivity index (χ3v) is 5.15. The zero-order valence-electron chi connectivity index (χ0n) is 9.07. The highest BCUT2D eigenvalue weighted by Gasteiger charge is 2.49. The van der Waals surface area contributed by atoms with E-state index in [2.05, 4.69) is 22.6 Å². The van der Waals surface area contributed by atoms with Crippen LogP contribution in [0, 0.1) is 0 Å². The minimum absolute atomic E-state index is 0.0594. The molecular formula is C12H13ClINO2. The number of aliphatic hydroxyl groups is 1. The fourth-order valence-corrected chi connectivity index (χ4v) is 3.49. The smallest absolute Gasteiger partial charge is 0.186 e. The van der Waals surface area contributed by atoms with E-state index in [-0.39, 0.29) is 9.71 Å². The molecule has 0 saturated heterocycles. The third-order valence-electron chi connectivity index (χ3n) is 3.22. The van der Waals surface area contributed by atoms with Gasteiger partial charge < -0.3 is 10.8 Å². The molecule has 1 aromatic carbocycles. The molecule has 3 unspecified atom stereocenters. The summed E-state index contributed by atoms with van der Waals surface area (Å²) < 4.78 is -0.0594. The van der Waals surface area contributed by atoms with Crippen LogP contribution in [0.1, 0.15) is 18.4 Å². The number of halogens is 2. The second-order valence-electron chi connectivity index (χ2n) is 4.27. The molecule has 0 aromatic heterocycles.